The minimum Gasteiger partial charge on any atom is -0.355 e. The SMILES string of the molecule is CCNC(=O)[C@@H](Cc1ccccc1)N(Cc1cccc(Cl)c1)C(=O)CCCN(c1cc(C)ccc1C)S(C)(=O)=O. The number of amides is 2. The summed E-state index contributed by atoms with van der Waals surface area (Å²) in [6, 6.07) is 21.7. The van der Waals surface area contributed by atoms with Crippen molar-refractivity contribution >= 4 is 39.1 Å². The molecule has 1 N–H and O–H groups in total. The molecular weight excluding hydrogens is 546 g/mol. The molecule has 3 rings (SSSR count). The van der Waals surface area contributed by atoms with Crippen LogP contribution in [0.25, 0.3) is 0 Å². The van der Waals surface area contributed by atoms with E-state index in [4.69, 9.17) is 11.6 Å². The molecule has 1 atom stereocenters. The topological polar surface area (TPSA) is 86.8 Å². The fraction of sp³-hybridized carbons (Fsp3) is 0.355. The summed E-state index contributed by atoms with van der Waals surface area (Å²) in [7, 11) is -3.58. The summed E-state index contributed by atoms with van der Waals surface area (Å²) in [5.41, 5.74) is 4.12. The third-order valence-electron chi connectivity index (χ3n) is 6.65. The van der Waals surface area contributed by atoms with E-state index in [2.05, 4.69) is 5.32 Å². The highest BCUT2D eigenvalue weighted by molar-refractivity contribution is 7.92. The average Bonchev–Trinajstić information content (AvgIpc) is 2.90. The molecule has 0 spiro atoms. The molecule has 0 aliphatic carbocycles. The number of nitrogens with one attached hydrogen (secondary N) is 1. The highest BCUT2D eigenvalue weighted by Gasteiger charge is 2.30. The number of nitrogens with zero attached hydrogens (tertiary/aromatic N) is 2. The zero-order valence-corrected chi connectivity index (χ0v) is 25.1. The second-order valence-electron chi connectivity index (χ2n) is 9.98. The van der Waals surface area contributed by atoms with Gasteiger partial charge in [0.1, 0.15) is 6.04 Å². The lowest BCUT2D eigenvalue weighted by Gasteiger charge is -2.32. The Kier molecular flexibility index (Phi) is 11.2. The van der Waals surface area contributed by atoms with Gasteiger partial charge in [0.15, 0.2) is 0 Å². The molecular formula is C31H38ClN3O4S. The van der Waals surface area contributed by atoms with E-state index in [1.165, 1.54) is 10.6 Å². The third-order valence-corrected chi connectivity index (χ3v) is 8.06. The highest BCUT2D eigenvalue weighted by Crippen LogP contribution is 2.25. The van der Waals surface area contributed by atoms with E-state index in [0.717, 1.165) is 22.3 Å². The first-order valence-corrected chi connectivity index (χ1v) is 15.6. The van der Waals surface area contributed by atoms with Gasteiger partial charge in [0.05, 0.1) is 11.9 Å². The molecule has 0 fully saturated rings. The summed E-state index contributed by atoms with van der Waals surface area (Å²) in [4.78, 5) is 28.7. The lowest BCUT2D eigenvalue weighted by atomic mass is 10.0. The predicted molar refractivity (Wildman–Crippen MR) is 162 cm³/mol. The monoisotopic (exact) mass is 583 g/mol. The zero-order valence-electron chi connectivity index (χ0n) is 23.6. The van der Waals surface area contributed by atoms with Crippen LogP contribution in [0.5, 0.6) is 0 Å². The molecule has 0 aliphatic rings. The summed E-state index contributed by atoms with van der Waals surface area (Å²) in [5.74, 6) is -0.476. The van der Waals surface area contributed by atoms with Gasteiger partial charge in [-0.3, -0.25) is 13.9 Å². The van der Waals surface area contributed by atoms with Crippen molar-refractivity contribution in [2.24, 2.45) is 0 Å². The first-order valence-electron chi connectivity index (χ1n) is 13.4. The van der Waals surface area contributed by atoms with Gasteiger partial charge < -0.3 is 10.2 Å². The number of halogens is 1. The summed E-state index contributed by atoms with van der Waals surface area (Å²) < 4.78 is 26.8. The minimum absolute atomic E-state index is 0.0716. The second kappa shape index (κ2) is 14.3. The van der Waals surface area contributed by atoms with E-state index in [0.29, 0.717) is 30.1 Å². The molecule has 0 saturated heterocycles. The van der Waals surface area contributed by atoms with Gasteiger partial charge in [-0.1, -0.05) is 66.2 Å². The molecule has 0 saturated carbocycles. The molecule has 0 aromatic heterocycles. The Morgan fingerprint density at radius 3 is 2.30 bits per heavy atom. The van der Waals surface area contributed by atoms with E-state index in [9.17, 15) is 18.0 Å². The number of likely N-dealkylation sites (N-methyl/N-ethyl adjacent to an activating group) is 1. The van der Waals surface area contributed by atoms with Gasteiger partial charge in [0.25, 0.3) is 0 Å². The van der Waals surface area contributed by atoms with Gasteiger partial charge in [-0.25, -0.2) is 8.42 Å². The molecule has 214 valence electrons. The quantitative estimate of drug-likeness (QED) is 0.297. The standard InChI is InChI=1S/C31H38ClN3O4S/c1-5-33-31(37)29(21-25-11-7-6-8-12-25)34(22-26-13-9-14-27(32)20-26)30(36)15-10-18-35(40(4,38)39)28-19-23(2)16-17-24(28)3/h6-9,11-14,16-17,19-20,29H,5,10,15,18,21-22H2,1-4H3,(H,33,37)/t29-/m1/s1. The molecule has 0 heterocycles. The van der Waals surface area contributed by atoms with Gasteiger partial charge in [0, 0.05) is 37.5 Å². The number of aryl methyl sites for hydroxylation is 2. The van der Waals surface area contributed by atoms with Gasteiger partial charge in [-0.15, -0.1) is 0 Å². The number of carbonyl (C=O) groups excluding carboxylic acids is 2. The Balaban J connectivity index is 1.88. The number of rotatable bonds is 13. The number of carbonyl (C=O) groups is 2. The molecule has 0 unspecified atom stereocenters. The van der Waals surface area contributed by atoms with Crippen molar-refractivity contribution < 1.29 is 18.0 Å². The van der Waals surface area contributed by atoms with Gasteiger partial charge in [-0.05, 0) is 67.6 Å². The summed E-state index contributed by atoms with van der Waals surface area (Å²) in [6.45, 7) is 6.39. The Hall–Kier alpha value is -3.36. The Labute approximate surface area is 243 Å². The summed E-state index contributed by atoms with van der Waals surface area (Å²) in [6.07, 6.45) is 1.88. The van der Waals surface area contributed by atoms with Gasteiger partial charge in [0.2, 0.25) is 21.8 Å². The maximum Gasteiger partial charge on any atom is 0.243 e. The minimum atomic E-state index is -3.58. The number of hydrogen-bond donors (Lipinski definition) is 1. The lowest BCUT2D eigenvalue weighted by Crippen LogP contribution is -2.50. The number of hydrogen-bond acceptors (Lipinski definition) is 4. The summed E-state index contributed by atoms with van der Waals surface area (Å²) >= 11 is 6.23. The van der Waals surface area contributed by atoms with Crippen molar-refractivity contribution in [2.75, 3.05) is 23.7 Å². The average molecular weight is 584 g/mol. The van der Waals surface area contributed by atoms with Crippen LogP contribution in [0.15, 0.2) is 72.8 Å². The molecule has 0 radical (unpaired) electrons. The van der Waals surface area contributed by atoms with Crippen molar-refractivity contribution in [2.45, 2.75) is 52.6 Å². The largest absolute Gasteiger partial charge is 0.355 e. The van der Waals surface area contributed by atoms with E-state index in [1.54, 1.807) is 17.0 Å². The Morgan fingerprint density at radius 1 is 0.950 bits per heavy atom. The number of benzene rings is 3. The van der Waals surface area contributed by atoms with Gasteiger partial charge >= 0.3 is 0 Å². The molecule has 9 heteroatoms. The van der Waals surface area contributed by atoms with Crippen molar-refractivity contribution in [1.29, 1.82) is 0 Å². The Bertz CT molecular complexity index is 1410. The van der Waals surface area contributed by atoms with Crippen LogP contribution in [0.1, 0.15) is 42.0 Å². The van der Waals surface area contributed by atoms with Crippen molar-refractivity contribution in [3.05, 3.63) is 100 Å². The molecule has 3 aromatic rings. The molecule has 3 aromatic carbocycles. The van der Waals surface area contributed by atoms with Crippen molar-refractivity contribution in [3.8, 4) is 0 Å². The molecule has 0 bridgehead atoms. The molecule has 0 aliphatic heterocycles. The van der Waals surface area contributed by atoms with Crippen LogP contribution in [0.4, 0.5) is 5.69 Å². The normalized spacial score (nSPS) is 12.0. The van der Waals surface area contributed by atoms with Crippen LogP contribution in [0.3, 0.4) is 0 Å². The third kappa shape index (κ3) is 8.83. The van der Waals surface area contributed by atoms with Crippen LogP contribution >= 0.6 is 11.6 Å². The fourth-order valence-corrected chi connectivity index (χ4v) is 5.88. The molecule has 2 amide bonds. The number of sulfonamides is 1. The highest BCUT2D eigenvalue weighted by atomic mass is 35.5. The summed E-state index contributed by atoms with van der Waals surface area (Å²) in [5, 5.41) is 3.42. The zero-order chi connectivity index (χ0) is 29.3. The van der Waals surface area contributed by atoms with Crippen LogP contribution < -0.4 is 9.62 Å². The van der Waals surface area contributed by atoms with E-state index >= 15 is 0 Å². The van der Waals surface area contributed by atoms with Crippen LogP contribution in [-0.2, 0) is 32.6 Å². The van der Waals surface area contributed by atoms with Crippen LogP contribution in [0.2, 0.25) is 5.02 Å². The Morgan fingerprint density at radius 2 is 1.65 bits per heavy atom. The second-order valence-corrected chi connectivity index (χ2v) is 12.3. The first kappa shape index (κ1) is 31.2. The maximum absolute atomic E-state index is 13.8. The van der Waals surface area contributed by atoms with E-state index < -0.39 is 16.1 Å². The van der Waals surface area contributed by atoms with E-state index in [-0.39, 0.29) is 31.3 Å². The molecule has 7 nitrogen and oxygen atoms in total. The molecule has 40 heavy (non-hydrogen) atoms. The maximum atomic E-state index is 13.8. The van der Waals surface area contributed by atoms with Crippen LogP contribution in [0, 0.1) is 13.8 Å². The lowest BCUT2D eigenvalue weighted by molar-refractivity contribution is -0.141. The van der Waals surface area contributed by atoms with Crippen molar-refractivity contribution in [3.63, 3.8) is 0 Å². The first-order chi connectivity index (χ1) is 19.0. The fourth-order valence-electron chi connectivity index (χ4n) is 4.65. The van der Waals surface area contributed by atoms with Crippen molar-refractivity contribution in [1.82, 2.24) is 10.2 Å². The number of anilines is 1. The van der Waals surface area contributed by atoms with Gasteiger partial charge in [-0.2, -0.15) is 0 Å². The smallest absolute Gasteiger partial charge is 0.243 e. The predicted octanol–water partition coefficient (Wildman–Crippen LogP) is 5.28. The van der Waals surface area contributed by atoms with E-state index in [1.807, 2.05) is 81.4 Å². The van der Waals surface area contributed by atoms with Crippen LogP contribution in [-0.4, -0.2) is 50.5 Å².